The number of thioether (sulfide) groups is 1. The molecule has 2 N–H and O–H groups in total. The number of nitrogens with one attached hydrogen (secondary N) is 1. The molecule has 2 rings (SSSR count). The molecule has 0 unspecified atom stereocenters. The monoisotopic (exact) mass is 250 g/mol. The summed E-state index contributed by atoms with van der Waals surface area (Å²) in [6, 6.07) is 8.14. The van der Waals surface area contributed by atoms with Gasteiger partial charge in [-0.15, -0.1) is 11.8 Å². The Kier molecular flexibility index (Phi) is 4.88. The number of benzene rings is 1. The minimum atomic E-state index is 0.789. The zero-order valence-electron chi connectivity index (χ0n) is 9.80. The van der Waals surface area contributed by atoms with Crippen LogP contribution in [0.1, 0.15) is 32.1 Å². The maximum absolute atomic E-state index is 8.40. The second-order valence-corrected chi connectivity index (χ2v) is 5.63. The Balaban J connectivity index is 1.90. The SMILES string of the molecule is ONC=Nc1ccc(SC2CCCCC2)cc1. The van der Waals surface area contributed by atoms with E-state index in [1.165, 1.54) is 43.3 Å². The Hall–Kier alpha value is -1.00. The van der Waals surface area contributed by atoms with Crippen LogP contribution < -0.4 is 5.48 Å². The van der Waals surface area contributed by atoms with E-state index in [0.717, 1.165) is 10.9 Å². The number of nitrogens with zero attached hydrogens (tertiary/aromatic N) is 1. The summed E-state index contributed by atoms with van der Waals surface area (Å²) < 4.78 is 0. The van der Waals surface area contributed by atoms with Gasteiger partial charge in [0.25, 0.3) is 0 Å². The van der Waals surface area contributed by atoms with Crippen LogP contribution in [0, 0.1) is 0 Å². The highest BCUT2D eigenvalue weighted by atomic mass is 32.2. The third-order valence-corrected chi connectivity index (χ3v) is 4.31. The van der Waals surface area contributed by atoms with E-state index < -0.39 is 0 Å². The first-order valence-electron chi connectivity index (χ1n) is 6.07. The van der Waals surface area contributed by atoms with Gasteiger partial charge in [0.1, 0.15) is 6.34 Å². The van der Waals surface area contributed by atoms with E-state index in [1.807, 2.05) is 29.4 Å². The number of rotatable bonds is 4. The van der Waals surface area contributed by atoms with Crippen LogP contribution in [0.2, 0.25) is 0 Å². The average Bonchev–Trinajstić information content (AvgIpc) is 2.39. The predicted octanol–water partition coefficient (Wildman–Crippen LogP) is 3.75. The number of hydrogen-bond donors (Lipinski definition) is 2. The highest BCUT2D eigenvalue weighted by Crippen LogP contribution is 2.34. The van der Waals surface area contributed by atoms with Crippen molar-refractivity contribution in [3.8, 4) is 0 Å². The molecule has 1 aliphatic rings. The Labute approximate surface area is 106 Å². The molecule has 0 aliphatic heterocycles. The Morgan fingerprint density at radius 1 is 1.18 bits per heavy atom. The second-order valence-electron chi connectivity index (χ2n) is 4.26. The minimum Gasteiger partial charge on any atom is -0.290 e. The van der Waals surface area contributed by atoms with Crippen LogP contribution >= 0.6 is 11.8 Å². The summed E-state index contributed by atoms with van der Waals surface area (Å²) in [6.45, 7) is 0. The molecule has 0 heterocycles. The fraction of sp³-hybridized carbons (Fsp3) is 0.462. The molecule has 4 heteroatoms. The lowest BCUT2D eigenvalue weighted by Crippen LogP contribution is -2.07. The Morgan fingerprint density at radius 2 is 1.88 bits per heavy atom. The van der Waals surface area contributed by atoms with Gasteiger partial charge >= 0.3 is 0 Å². The van der Waals surface area contributed by atoms with E-state index in [1.54, 1.807) is 0 Å². The summed E-state index contributed by atoms with van der Waals surface area (Å²) in [7, 11) is 0. The van der Waals surface area contributed by atoms with Crippen molar-refractivity contribution in [2.75, 3.05) is 0 Å². The maximum atomic E-state index is 8.40. The molecule has 1 aromatic rings. The molecule has 92 valence electrons. The van der Waals surface area contributed by atoms with Crippen molar-refractivity contribution < 1.29 is 5.21 Å². The van der Waals surface area contributed by atoms with Crippen LogP contribution in [-0.2, 0) is 0 Å². The normalized spacial score (nSPS) is 17.5. The van der Waals surface area contributed by atoms with Crippen molar-refractivity contribution in [3.63, 3.8) is 0 Å². The smallest absolute Gasteiger partial charge is 0.113 e. The maximum Gasteiger partial charge on any atom is 0.113 e. The van der Waals surface area contributed by atoms with E-state index in [-0.39, 0.29) is 0 Å². The first-order valence-corrected chi connectivity index (χ1v) is 6.95. The van der Waals surface area contributed by atoms with Crippen LogP contribution in [0.25, 0.3) is 0 Å². The first-order chi connectivity index (χ1) is 8.38. The molecule has 17 heavy (non-hydrogen) atoms. The van der Waals surface area contributed by atoms with Crippen LogP contribution in [0.3, 0.4) is 0 Å². The summed E-state index contributed by atoms with van der Waals surface area (Å²) in [5.74, 6) is 0. The number of hydrogen-bond acceptors (Lipinski definition) is 3. The molecule has 1 fully saturated rings. The molecule has 0 radical (unpaired) electrons. The van der Waals surface area contributed by atoms with Crippen molar-refractivity contribution in [3.05, 3.63) is 24.3 Å². The second kappa shape index (κ2) is 6.67. The average molecular weight is 250 g/mol. The van der Waals surface area contributed by atoms with Crippen LogP contribution in [0.5, 0.6) is 0 Å². The van der Waals surface area contributed by atoms with E-state index in [0.29, 0.717) is 0 Å². The lowest BCUT2D eigenvalue weighted by atomic mass is 10.0. The van der Waals surface area contributed by atoms with E-state index in [9.17, 15) is 0 Å². The fourth-order valence-electron chi connectivity index (χ4n) is 2.09. The third kappa shape index (κ3) is 4.06. The van der Waals surface area contributed by atoms with Gasteiger partial charge in [-0.1, -0.05) is 19.3 Å². The van der Waals surface area contributed by atoms with E-state index in [2.05, 4.69) is 17.1 Å². The summed E-state index contributed by atoms with van der Waals surface area (Å²) in [4.78, 5) is 5.33. The third-order valence-electron chi connectivity index (χ3n) is 2.96. The van der Waals surface area contributed by atoms with E-state index >= 15 is 0 Å². The van der Waals surface area contributed by atoms with Gasteiger partial charge < -0.3 is 0 Å². The quantitative estimate of drug-likeness (QED) is 0.486. The van der Waals surface area contributed by atoms with Crippen LogP contribution in [0.15, 0.2) is 34.2 Å². The molecular weight excluding hydrogens is 232 g/mol. The van der Waals surface area contributed by atoms with Gasteiger partial charge in [-0.3, -0.25) is 10.7 Å². The molecule has 0 atom stereocenters. The zero-order valence-corrected chi connectivity index (χ0v) is 10.6. The molecule has 1 aromatic carbocycles. The van der Waals surface area contributed by atoms with Crippen molar-refractivity contribution in [2.24, 2.45) is 4.99 Å². The standard InChI is InChI=1S/C13H18N2OS/c16-15-10-14-11-6-8-13(9-7-11)17-12-4-2-1-3-5-12/h6-10,12,16H,1-5H2,(H,14,15). The summed E-state index contributed by atoms with van der Waals surface area (Å²) in [6.07, 6.45) is 8.12. The Morgan fingerprint density at radius 3 is 2.53 bits per heavy atom. The first kappa shape index (κ1) is 12.5. The number of aliphatic imine (C=N–C) groups is 1. The van der Waals surface area contributed by atoms with Gasteiger partial charge in [0.15, 0.2) is 0 Å². The molecule has 0 saturated heterocycles. The highest BCUT2D eigenvalue weighted by molar-refractivity contribution is 8.00. The summed E-state index contributed by atoms with van der Waals surface area (Å²) in [5, 5.41) is 9.18. The van der Waals surface area contributed by atoms with Gasteiger partial charge in [-0.25, -0.2) is 4.99 Å². The topological polar surface area (TPSA) is 44.6 Å². The molecular formula is C13H18N2OS. The Bertz CT molecular complexity index is 358. The highest BCUT2D eigenvalue weighted by Gasteiger charge is 2.14. The molecule has 0 spiro atoms. The fourth-order valence-corrected chi connectivity index (χ4v) is 3.34. The van der Waals surface area contributed by atoms with Gasteiger partial charge in [-0.2, -0.15) is 0 Å². The minimum absolute atomic E-state index is 0.789. The van der Waals surface area contributed by atoms with Crippen LogP contribution in [0.4, 0.5) is 5.69 Å². The predicted molar refractivity (Wildman–Crippen MR) is 72.2 cm³/mol. The van der Waals surface area contributed by atoms with Crippen molar-refractivity contribution in [1.82, 2.24) is 5.48 Å². The molecule has 1 saturated carbocycles. The largest absolute Gasteiger partial charge is 0.290 e. The molecule has 3 nitrogen and oxygen atoms in total. The van der Waals surface area contributed by atoms with Gasteiger partial charge in [0.2, 0.25) is 0 Å². The molecule has 0 amide bonds. The molecule has 0 bridgehead atoms. The zero-order chi connectivity index (χ0) is 11.9. The number of hydroxylamine groups is 1. The summed E-state index contributed by atoms with van der Waals surface area (Å²) >= 11 is 1.98. The van der Waals surface area contributed by atoms with Crippen molar-refractivity contribution in [1.29, 1.82) is 0 Å². The summed E-state index contributed by atoms with van der Waals surface area (Å²) in [5.41, 5.74) is 2.75. The van der Waals surface area contributed by atoms with Crippen molar-refractivity contribution >= 4 is 23.8 Å². The van der Waals surface area contributed by atoms with E-state index in [4.69, 9.17) is 5.21 Å². The van der Waals surface area contributed by atoms with Gasteiger partial charge in [0.05, 0.1) is 5.69 Å². The van der Waals surface area contributed by atoms with Gasteiger partial charge in [0, 0.05) is 10.1 Å². The molecule has 0 aromatic heterocycles. The lowest BCUT2D eigenvalue weighted by Gasteiger charge is -2.20. The lowest BCUT2D eigenvalue weighted by molar-refractivity contribution is 0.240. The van der Waals surface area contributed by atoms with Crippen molar-refractivity contribution in [2.45, 2.75) is 42.2 Å². The van der Waals surface area contributed by atoms with Gasteiger partial charge in [-0.05, 0) is 37.1 Å². The molecule has 1 aliphatic carbocycles. The van der Waals surface area contributed by atoms with Crippen LogP contribution in [-0.4, -0.2) is 16.8 Å².